The minimum atomic E-state index is 0.0961. The molecule has 1 saturated carbocycles. The second-order valence-electron chi connectivity index (χ2n) is 7.29. The summed E-state index contributed by atoms with van der Waals surface area (Å²) in [5, 5.41) is 6.45. The van der Waals surface area contributed by atoms with Crippen molar-refractivity contribution >= 4 is 37.8 Å². The van der Waals surface area contributed by atoms with Crippen molar-refractivity contribution in [3.8, 4) is 0 Å². The standard InChI is InChI=1S/C21H38P2S/c1-5-13-22(14-6-2)19-17-24-21(18-11-9-10-12-18)20(19)23(15-7-3)16-8-4/h17-18H,5-16H2,1-4H3. The SMILES string of the molecule is CCCP(CCC)c1csc(C2CCCC2)c1P(CCC)CCC. The molecule has 1 fully saturated rings. The van der Waals surface area contributed by atoms with Gasteiger partial charge in [-0.05, 0) is 59.4 Å². The van der Waals surface area contributed by atoms with Gasteiger partial charge in [-0.25, -0.2) is 0 Å². The van der Waals surface area contributed by atoms with Crippen molar-refractivity contribution in [3.63, 3.8) is 0 Å². The molecule has 0 spiro atoms. The highest BCUT2D eigenvalue weighted by Gasteiger charge is 2.29. The Labute approximate surface area is 157 Å². The van der Waals surface area contributed by atoms with Crippen LogP contribution >= 0.6 is 27.2 Å². The number of rotatable bonds is 11. The first kappa shape index (κ1) is 20.9. The van der Waals surface area contributed by atoms with Gasteiger partial charge in [-0.15, -0.1) is 11.3 Å². The van der Waals surface area contributed by atoms with Crippen molar-refractivity contribution in [2.24, 2.45) is 0 Å². The van der Waals surface area contributed by atoms with Crippen LogP contribution in [-0.2, 0) is 0 Å². The Kier molecular flexibility index (Phi) is 9.83. The first-order chi connectivity index (χ1) is 11.8. The van der Waals surface area contributed by atoms with E-state index in [2.05, 4.69) is 44.4 Å². The van der Waals surface area contributed by atoms with Gasteiger partial charge in [0.05, 0.1) is 0 Å². The lowest BCUT2D eigenvalue weighted by Crippen LogP contribution is -2.25. The lowest BCUT2D eigenvalue weighted by Gasteiger charge is -2.25. The van der Waals surface area contributed by atoms with Crippen LogP contribution in [0.2, 0.25) is 0 Å². The minimum Gasteiger partial charge on any atom is -0.147 e. The van der Waals surface area contributed by atoms with Gasteiger partial charge in [0.15, 0.2) is 0 Å². The average molecular weight is 385 g/mol. The minimum absolute atomic E-state index is 0.0961. The molecule has 0 radical (unpaired) electrons. The Balaban J connectivity index is 2.40. The van der Waals surface area contributed by atoms with Crippen LogP contribution in [0.3, 0.4) is 0 Å². The van der Waals surface area contributed by atoms with Gasteiger partial charge in [-0.2, -0.15) is 0 Å². The number of thiophene rings is 1. The zero-order valence-electron chi connectivity index (χ0n) is 16.4. The molecule has 0 aromatic carbocycles. The summed E-state index contributed by atoms with van der Waals surface area (Å²) in [6.07, 6.45) is 17.2. The van der Waals surface area contributed by atoms with Gasteiger partial charge in [0.1, 0.15) is 0 Å². The monoisotopic (exact) mass is 384 g/mol. The summed E-state index contributed by atoms with van der Waals surface area (Å²) in [5.41, 5.74) is 0. The van der Waals surface area contributed by atoms with Crippen molar-refractivity contribution in [1.29, 1.82) is 0 Å². The molecule has 0 aliphatic heterocycles. The molecule has 2 rings (SSSR count). The predicted octanol–water partition coefficient (Wildman–Crippen LogP) is 7.26. The van der Waals surface area contributed by atoms with E-state index in [0.717, 1.165) is 5.92 Å². The zero-order chi connectivity index (χ0) is 17.4. The average Bonchev–Trinajstić information content (AvgIpc) is 3.23. The molecular weight excluding hydrogens is 346 g/mol. The third-order valence-corrected chi connectivity index (χ3v) is 12.9. The van der Waals surface area contributed by atoms with Crippen molar-refractivity contribution in [1.82, 2.24) is 0 Å². The fourth-order valence-electron chi connectivity index (χ4n) is 4.14. The van der Waals surface area contributed by atoms with Crippen LogP contribution in [-0.4, -0.2) is 24.6 Å². The smallest absolute Gasteiger partial charge is 0.0160 e. The van der Waals surface area contributed by atoms with Gasteiger partial charge >= 0.3 is 0 Å². The highest BCUT2D eigenvalue weighted by atomic mass is 32.1. The van der Waals surface area contributed by atoms with Gasteiger partial charge in [0.2, 0.25) is 0 Å². The maximum atomic E-state index is 2.64. The van der Waals surface area contributed by atoms with E-state index in [1.807, 2.05) is 15.5 Å². The molecule has 0 nitrogen and oxygen atoms in total. The molecule has 0 amide bonds. The van der Waals surface area contributed by atoms with Gasteiger partial charge < -0.3 is 0 Å². The second kappa shape index (κ2) is 11.3. The van der Waals surface area contributed by atoms with E-state index in [0.29, 0.717) is 0 Å². The Morgan fingerprint density at radius 1 is 0.833 bits per heavy atom. The third-order valence-electron chi connectivity index (χ3n) is 5.13. The molecule has 1 heterocycles. The highest BCUT2D eigenvalue weighted by molar-refractivity contribution is 7.72. The molecule has 1 aromatic rings. The molecule has 24 heavy (non-hydrogen) atoms. The summed E-state index contributed by atoms with van der Waals surface area (Å²) in [7, 11) is 0.199. The Hall–Kier alpha value is 0.560. The van der Waals surface area contributed by atoms with E-state index in [1.165, 1.54) is 76.0 Å². The normalized spacial score (nSPS) is 15.9. The summed E-state index contributed by atoms with van der Waals surface area (Å²) < 4.78 is 0. The van der Waals surface area contributed by atoms with Crippen LogP contribution < -0.4 is 10.6 Å². The van der Waals surface area contributed by atoms with Crippen molar-refractivity contribution < 1.29 is 0 Å². The number of hydrogen-bond acceptors (Lipinski definition) is 1. The summed E-state index contributed by atoms with van der Waals surface area (Å²) >= 11 is 2.17. The maximum absolute atomic E-state index is 2.64. The summed E-state index contributed by atoms with van der Waals surface area (Å²) in [6, 6.07) is 0. The van der Waals surface area contributed by atoms with Gasteiger partial charge in [-0.3, -0.25) is 0 Å². The molecule has 0 atom stereocenters. The van der Waals surface area contributed by atoms with Crippen LogP contribution in [0.5, 0.6) is 0 Å². The van der Waals surface area contributed by atoms with Crippen LogP contribution in [0.4, 0.5) is 0 Å². The second-order valence-corrected chi connectivity index (χ2v) is 13.1. The fraction of sp³-hybridized carbons (Fsp3) is 0.810. The van der Waals surface area contributed by atoms with E-state index >= 15 is 0 Å². The van der Waals surface area contributed by atoms with E-state index < -0.39 is 0 Å². The first-order valence-electron chi connectivity index (χ1n) is 10.4. The van der Waals surface area contributed by atoms with Gasteiger partial charge in [0, 0.05) is 4.88 Å². The summed E-state index contributed by atoms with van der Waals surface area (Å²) in [6.45, 7) is 9.56. The van der Waals surface area contributed by atoms with E-state index in [9.17, 15) is 0 Å². The topological polar surface area (TPSA) is 0 Å². The van der Waals surface area contributed by atoms with E-state index in [4.69, 9.17) is 0 Å². The molecule has 1 aliphatic rings. The number of hydrogen-bond donors (Lipinski definition) is 0. The summed E-state index contributed by atoms with van der Waals surface area (Å²) in [4.78, 5) is 1.86. The first-order valence-corrected chi connectivity index (χ1v) is 14.7. The molecule has 0 unspecified atom stereocenters. The van der Waals surface area contributed by atoms with E-state index in [1.54, 1.807) is 0 Å². The maximum Gasteiger partial charge on any atom is 0.0160 e. The van der Waals surface area contributed by atoms with E-state index in [-0.39, 0.29) is 15.8 Å². The third kappa shape index (κ3) is 5.28. The molecule has 1 aliphatic carbocycles. The van der Waals surface area contributed by atoms with Crippen molar-refractivity contribution in [2.45, 2.75) is 85.0 Å². The van der Waals surface area contributed by atoms with Crippen molar-refractivity contribution in [3.05, 3.63) is 10.3 Å². The van der Waals surface area contributed by atoms with Gasteiger partial charge in [0.25, 0.3) is 0 Å². The fourth-order valence-corrected chi connectivity index (χ4v) is 12.3. The Morgan fingerprint density at radius 2 is 1.33 bits per heavy atom. The van der Waals surface area contributed by atoms with Crippen LogP contribution in [0, 0.1) is 0 Å². The molecule has 0 saturated heterocycles. The molecule has 0 bridgehead atoms. The Bertz CT molecular complexity index is 450. The van der Waals surface area contributed by atoms with Gasteiger partial charge in [-0.1, -0.05) is 82.1 Å². The highest BCUT2D eigenvalue weighted by Crippen LogP contribution is 2.48. The van der Waals surface area contributed by atoms with Crippen molar-refractivity contribution in [2.75, 3.05) is 24.6 Å². The molecule has 3 heteroatoms. The Morgan fingerprint density at radius 3 is 1.83 bits per heavy atom. The molecule has 138 valence electrons. The largest absolute Gasteiger partial charge is 0.147 e. The molecule has 1 aromatic heterocycles. The molecular formula is C21H38P2S. The molecule has 0 N–H and O–H groups in total. The van der Waals surface area contributed by atoms with Crippen LogP contribution in [0.15, 0.2) is 5.38 Å². The predicted molar refractivity (Wildman–Crippen MR) is 119 cm³/mol. The lowest BCUT2D eigenvalue weighted by atomic mass is 10.1. The lowest BCUT2D eigenvalue weighted by molar-refractivity contribution is 0.742. The van der Waals surface area contributed by atoms with Crippen LogP contribution in [0.25, 0.3) is 0 Å². The summed E-state index contributed by atoms with van der Waals surface area (Å²) in [5.74, 6) is 0.914. The quantitative estimate of drug-likeness (QED) is 0.352. The van der Waals surface area contributed by atoms with Crippen LogP contribution in [0.1, 0.15) is 89.9 Å². The zero-order valence-corrected chi connectivity index (χ0v) is 19.0.